The predicted octanol–water partition coefficient (Wildman–Crippen LogP) is 3.11. The van der Waals surface area contributed by atoms with Crippen molar-refractivity contribution in [1.82, 2.24) is 4.90 Å². The molecule has 0 aliphatic carbocycles. The van der Waals surface area contributed by atoms with E-state index in [4.69, 9.17) is 0 Å². The van der Waals surface area contributed by atoms with Crippen LogP contribution in [0.5, 0.6) is 0 Å². The van der Waals surface area contributed by atoms with Gasteiger partial charge in [-0.05, 0) is 41.8 Å². The number of carbonyl (C=O) groups is 1. The lowest BCUT2D eigenvalue weighted by atomic mass is 9.94. The summed E-state index contributed by atoms with van der Waals surface area (Å²) in [5, 5.41) is 12.2. The smallest absolute Gasteiger partial charge is 0.321 e. The summed E-state index contributed by atoms with van der Waals surface area (Å²) in [6.07, 6.45) is 0.937. The van der Waals surface area contributed by atoms with Crippen LogP contribution < -0.4 is 5.32 Å². The highest BCUT2D eigenvalue weighted by Crippen LogP contribution is 2.25. The van der Waals surface area contributed by atoms with Crippen LogP contribution in [-0.2, 0) is 0 Å². The Balaban J connectivity index is 2.04. The van der Waals surface area contributed by atoms with E-state index >= 15 is 0 Å². The summed E-state index contributed by atoms with van der Waals surface area (Å²) in [6.45, 7) is 2.50. The molecule has 0 saturated carbocycles. The summed E-state index contributed by atoms with van der Waals surface area (Å²) >= 11 is 2.94. The third-order valence-electron chi connectivity index (χ3n) is 3.38. The zero-order valence-corrected chi connectivity index (χ0v) is 12.5. The van der Waals surface area contributed by atoms with Crippen molar-refractivity contribution in [3.8, 4) is 0 Å². The average Bonchev–Trinajstić information content (AvgIpc) is 2.35. The molecule has 2 N–H and O–H groups in total. The summed E-state index contributed by atoms with van der Waals surface area (Å²) in [5.41, 5.74) is -0.846. The molecule has 0 bridgehead atoms. The predicted molar refractivity (Wildman–Crippen MR) is 74.5 cm³/mol. The minimum atomic E-state index is -0.831. The lowest BCUT2D eigenvalue weighted by Gasteiger charge is -2.35. The van der Waals surface area contributed by atoms with Gasteiger partial charge in [-0.25, -0.2) is 13.6 Å². The van der Waals surface area contributed by atoms with Crippen LogP contribution in [0.4, 0.5) is 19.3 Å². The van der Waals surface area contributed by atoms with Crippen LogP contribution in [0.2, 0.25) is 0 Å². The monoisotopic (exact) mass is 348 g/mol. The number of rotatable bonds is 1. The molecule has 7 heteroatoms. The van der Waals surface area contributed by atoms with Crippen LogP contribution in [-0.4, -0.2) is 34.7 Å². The molecule has 4 nitrogen and oxygen atoms in total. The summed E-state index contributed by atoms with van der Waals surface area (Å²) in [7, 11) is 0. The molecule has 1 aliphatic rings. The quantitative estimate of drug-likeness (QED) is 0.766. The highest BCUT2D eigenvalue weighted by molar-refractivity contribution is 9.10. The third kappa shape index (κ3) is 3.46. The number of carbonyl (C=O) groups excluding carboxylic acids is 1. The van der Waals surface area contributed by atoms with E-state index < -0.39 is 23.3 Å². The summed E-state index contributed by atoms with van der Waals surface area (Å²) < 4.78 is 26.7. The SMILES string of the molecule is CC1(O)CCN(C(=O)Nc2cc(Br)c(F)cc2F)CC1. The highest BCUT2D eigenvalue weighted by Gasteiger charge is 2.29. The molecule has 1 saturated heterocycles. The second-order valence-corrected chi connectivity index (χ2v) is 6.01. The van der Waals surface area contributed by atoms with Crippen LogP contribution in [0, 0.1) is 11.6 Å². The Bertz CT molecular complexity index is 527. The van der Waals surface area contributed by atoms with Crippen molar-refractivity contribution in [1.29, 1.82) is 0 Å². The molecule has 0 radical (unpaired) electrons. The molecule has 0 atom stereocenters. The molecular formula is C13H15BrF2N2O2. The lowest BCUT2D eigenvalue weighted by Crippen LogP contribution is -2.46. The summed E-state index contributed by atoms with van der Waals surface area (Å²) in [5.74, 6) is -1.56. The largest absolute Gasteiger partial charge is 0.390 e. The number of hydrogen-bond donors (Lipinski definition) is 2. The van der Waals surface area contributed by atoms with Crippen LogP contribution in [0.25, 0.3) is 0 Å². The maximum atomic E-state index is 13.5. The van der Waals surface area contributed by atoms with Gasteiger partial charge in [0.05, 0.1) is 15.8 Å². The van der Waals surface area contributed by atoms with E-state index in [9.17, 15) is 18.7 Å². The highest BCUT2D eigenvalue weighted by atomic mass is 79.9. The molecule has 1 aromatic carbocycles. The van der Waals surface area contributed by atoms with Crippen molar-refractivity contribution in [2.45, 2.75) is 25.4 Å². The zero-order valence-electron chi connectivity index (χ0n) is 10.9. The molecule has 1 heterocycles. The van der Waals surface area contributed by atoms with Gasteiger partial charge in [0.25, 0.3) is 0 Å². The molecule has 2 rings (SSSR count). The van der Waals surface area contributed by atoms with Crippen molar-refractivity contribution in [2.24, 2.45) is 0 Å². The Morgan fingerprint density at radius 2 is 1.95 bits per heavy atom. The Morgan fingerprint density at radius 3 is 2.55 bits per heavy atom. The number of likely N-dealkylation sites (tertiary alicyclic amines) is 1. The van der Waals surface area contributed by atoms with Gasteiger partial charge in [0.15, 0.2) is 0 Å². The fourth-order valence-corrected chi connectivity index (χ4v) is 2.35. The molecule has 0 aromatic heterocycles. The Hall–Kier alpha value is -1.21. The van der Waals surface area contributed by atoms with Crippen LogP contribution in [0.3, 0.4) is 0 Å². The molecule has 2 amide bonds. The number of hydrogen-bond acceptors (Lipinski definition) is 2. The maximum absolute atomic E-state index is 13.5. The number of halogens is 3. The van der Waals surface area contributed by atoms with Crippen LogP contribution >= 0.6 is 15.9 Å². The lowest BCUT2D eigenvalue weighted by molar-refractivity contribution is 0.00569. The molecule has 0 spiro atoms. The van der Waals surface area contributed by atoms with Crippen LogP contribution in [0.15, 0.2) is 16.6 Å². The van der Waals surface area contributed by atoms with Crippen molar-refractivity contribution in [3.63, 3.8) is 0 Å². The van der Waals surface area contributed by atoms with E-state index in [0.29, 0.717) is 32.0 Å². The number of nitrogens with one attached hydrogen (secondary N) is 1. The van der Waals surface area contributed by atoms with Gasteiger partial charge in [0.2, 0.25) is 0 Å². The second kappa shape index (κ2) is 5.65. The summed E-state index contributed by atoms with van der Waals surface area (Å²) in [6, 6.07) is 1.43. The second-order valence-electron chi connectivity index (χ2n) is 5.16. The molecular weight excluding hydrogens is 334 g/mol. The van der Waals surface area contributed by atoms with Crippen molar-refractivity contribution < 1.29 is 18.7 Å². The number of benzene rings is 1. The third-order valence-corrected chi connectivity index (χ3v) is 3.99. The first kappa shape index (κ1) is 15.2. The minimum Gasteiger partial charge on any atom is -0.390 e. The van der Waals surface area contributed by atoms with Crippen molar-refractivity contribution >= 4 is 27.6 Å². The van der Waals surface area contributed by atoms with Gasteiger partial charge in [-0.1, -0.05) is 0 Å². The first-order chi connectivity index (χ1) is 9.28. The molecule has 0 unspecified atom stereocenters. The van der Waals surface area contributed by atoms with Crippen LogP contribution in [0.1, 0.15) is 19.8 Å². The number of amides is 2. The first-order valence-corrected chi connectivity index (χ1v) is 7.01. The maximum Gasteiger partial charge on any atom is 0.321 e. The van der Waals surface area contributed by atoms with Gasteiger partial charge in [0, 0.05) is 19.2 Å². The summed E-state index contributed by atoms with van der Waals surface area (Å²) in [4.78, 5) is 13.5. The van der Waals surface area contributed by atoms with Gasteiger partial charge < -0.3 is 15.3 Å². The number of aliphatic hydroxyl groups is 1. The van der Waals surface area contributed by atoms with E-state index in [1.54, 1.807) is 6.92 Å². The van der Waals surface area contributed by atoms with E-state index in [1.165, 1.54) is 11.0 Å². The van der Waals surface area contributed by atoms with E-state index in [-0.39, 0.29) is 10.2 Å². The minimum absolute atomic E-state index is 0.0794. The Morgan fingerprint density at radius 1 is 1.35 bits per heavy atom. The van der Waals surface area contributed by atoms with E-state index in [2.05, 4.69) is 21.2 Å². The van der Waals surface area contributed by atoms with Gasteiger partial charge in [-0.3, -0.25) is 0 Å². The van der Waals surface area contributed by atoms with Gasteiger partial charge in [0.1, 0.15) is 11.6 Å². The zero-order chi connectivity index (χ0) is 14.9. The standard InChI is InChI=1S/C13H15BrF2N2O2/c1-13(20)2-4-18(5-3-13)12(19)17-11-6-8(14)9(15)7-10(11)16/h6-7,20H,2-5H2,1H3,(H,17,19). The fourth-order valence-electron chi connectivity index (χ4n) is 2.00. The molecule has 110 valence electrons. The normalized spacial score (nSPS) is 17.9. The van der Waals surface area contributed by atoms with Gasteiger partial charge >= 0.3 is 6.03 Å². The number of anilines is 1. The topological polar surface area (TPSA) is 52.6 Å². The van der Waals surface area contributed by atoms with Gasteiger partial charge in [-0.2, -0.15) is 0 Å². The van der Waals surface area contributed by atoms with Crippen molar-refractivity contribution in [3.05, 3.63) is 28.2 Å². The van der Waals surface area contributed by atoms with E-state index in [1.807, 2.05) is 0 Å². The number of piperidine rings is 1. The Kier molecular flexibility index (Phi) is 4.29. The molecule has 1 aromatic rings. The molecule has 20 heavy (non-hydrogen) atoms. The molecule has 1 aliphatic heterocycles. The van der Waals surface area contributed by atoms with Gasteiger partial charge in [-0.15, -0.1) is 0 Å². The molecule has 1 fully saturated rings. The first-order valence-electron chi connectivity index (χ1n) is 6.21. The van der Waals surface area contributed by atoms with Crippen molar-refractivity contribution in [2.75, 3.05) is 18.4 Å². The fraction of sp³-hybridized carbons (Fsp3) is 0.462. The average molecular weight is 349 g/mol. The van der Waals surface area contributed by atoms with E-state index in [0.717, 1.165) is 0 Å². The number of urea groups is 1. The Labute approximate surface area is 123 Å². The number of nitrogens with zero attached hydrogens (tertiary/aromatic N) is 1.